The minimum atomic E-state index is -4.61. The Hall–Kier alpha value is -1.11. The van der Waals surface area contributed by atoms with Crippen molar-refractivity contribution in [2.75, 3.05) is 11.9 Å². The molecule has 1 aromatic carbocycles. The Labute approximate surface area is 129 Å². The molecule has 0 aliphatic heterocycles. The van der Waals surface area contributed by atoms with Gasteiger partial charge >= 0.3 is 6.18 Å². The molecule has 0 aliphatic rings. The average molecular weight is 370 g/mol. The molecule has 21 heavy (non-hydrogen) atoms. The van der Waals surface area contributed by atoms with Gasteiger partial charge in [-0.3, -0.25) is 4.79 Å². The fourth-order valence-electron chi connectivity index (χ4n) is 1.81. The minimum Gasteiger partial charge on any atom is -0.352 e. The van der Waals surface area contributed by atoms with Gasteiger partial charge in [0.05, 0.1) is 11.1 Å². The van der Waals surface area contributed by atoms with E-state index in [2.05, 4.69) is 21.2 Å². The van der Waals surface area contributed by atoms with E-state index in [1.165, 1.54) is 0 Å². The summed E-state index contributed by atoms with van der Waals surface area (Å²) in [4.78, 5) is 11.8. The number of halogens is 5. The summed E-state index contributed by atoms with van der Waals surface area (Å²) in [5.41, 5.74) is -1.62. The van der Waals surface area contributed by atoms with Crippen molar-refractivity contribution in [2.24, 2.45) is 5.92 Å². The molecule has 1 N–H and O–H groups in total. The number of nitrogens with one attached hydrogen (secondary N) is 1. The average Bonchev–Trinajstić information content (AvgIpc) is 2.42. The molecule has 0 saturated heterocycles. The zero-order valence-corrected chi connectivity index (χ0v) is 13.0. The zero-order valence-electron chi connectivity index (χ0n) is 11.4. The number of benzene rings is 1. The maximum absolute atomic E-state index is 13.5. The molecule has 1 atom stereocenters. The topological polar surface area (TPSA) is 29.1 Å². The highest BCUT2D eigenvalue weighted by Gasteiger charge is 2.31. The minimum absolute atomic E-state index is 0.196. The maximum atomic E-state index is 13.5. The van der Waals surface area contributed by atoms with Crippen LogP contribution in [-0.4, -0.2) is 17.8 Å². The van der Waals surface area contributed by atoms with E-state index in [1.54, 1.807) is 0 Å². The number of carbonyl (C=O) groups is 1. The van der Waals surface area contributed by atoms with Crippen molar-refractivity contribution < 1.29 is 22.4 Å². The van der Waals surface area contributed by atoms with Gasteiger partial charge in [-0.05, 0) is 30.5 Å². The summed E-state index contributed by atoms with van der Waals surface area (Å²) in [5, 5.41) is 3.25. The van der Waals surface area contributed by atoms with Gasteiger partial charge in [-0.1, -0.05) is 29.3 Å². The van der Waals surface area contributed by atoms with Crippen LogP contribution in [0, 0.1) is 11.7 Å². The summed E-state index contributed by atoms with van der Waals surface area (Å²) in [6, 6.07) is 1.81. The SMILES string of the molecule is CCC(CCBr)CNC(=O)c1cc(C(F)(F)F)ccc1F. The number of rotatable bonds is 6. The van der Waals surface area contributed by atoms with Crippen LogP contribution in [0.4, 0.5) is 17.6 Å². The van der Waals surface area contributed by atoms with Crippen molar-refractivity contribution in [3.05, 3.63) is 35.1 Å². The number of alkyl halides is 4. The fraction of sp³-hybridized carbons (Fsp3) is 0.500. The molecule has 7 heteroatoms. The summed E-state index contributed by atoms with van der Waals surface area (Å²) in [5.74, 6) is -1.59. The summed E-state index contributed by atoms with van der Waals surface area (Å²) in [6.45, 7) is 2.25. The Balaban J connectivity index is 2.82. The lowest BCUT2D eigenvalue weighted by Crippen LogP contribution is -2.30. The van der Waals surface area contributed by atoms with Gasteiger partial charge in [0.1, 0.15) is 5.82 Å². The van der Waals surface area contributed by atoms with Gasteiger partial charge in [-0.25, -0.2) is 4.39 Å². The number of carbonyl (C=O) groups excluding carboxylic acids is 1. The highest BCUT2D eigenvalue weighted by Crippen LogP contribution is 2.30. The van der Waals surface area contributed by atoms with Gasteiger partial charge in [0.2, 0.25) is 0 Å². The van der Waals surface area contributed by atoms with Crippen molar-refractivity contribution in [2.45, 2.75) is 25.9 Å². The molecule has 0 saturated carbocycles. The first kappa shape index (κ1) is 17.9. The Kier molecular flexibility index (Phi) is 6.64. The third-order valence-corrected chi connectivity index (χ3v) is 3.64. The van der Waals surface area contributed by atoms with Gasteiger partial charge in [-0.15, -0.1) is 0 Å². The van der Waals surface area contributed by atoms with Gasteiger partial charge < -0.3 is 5.32 Å². The first-order valence-electron chi connectivity index (χ1n) is 6.50. The molecule has 1 aromatic rings. The van der Waals surface area contributed by atoms with E-state index < -0.39 is 29.0 Å². The molecule has 0 aromatic heterocycles. The summed E-state index contributed by atoms with van der Waals surface area (Å²) in [6.07, 6.45) is -2.97. The lowest BCUT2D eigenvalue weighted by Gasteiger charge is -2.15. The largest absolute Gasteiger partial charge is 0.416 e. The molecule has 0 fully saturated rings. The van der Waals surface area contributed by atoms with E-state index in [4.69, 9.17) is 0 Å². The van der Waals surface area contributed by atoms with Gasteiger partial charge in [0.15, 0.2) is 0 Å². The van der Waals surface area contributed by atoms with Crippen molar-refractivity contribution >= 4 is 21.8 Å². The first-order chi connectivity index (χ1) is 9.79. The zero-order chi connectivity index (χ0) is 16.0. The number of hydrogen-bond donors (Lipinski definition) is 1. The number of amides is 1. The summed E-state index contributed by atoms with van der Waals surface area (Å²) < 4.78 is 51.2. The second-order valence-corrected chi connectivity index (χ2v) is 5.45. The van der Waals surface area contributed by atoms with Crippen LogP contribution in [0.5, 0.6) is 0 Å². The van der Waals surface area contributed by atoms with Crippen LogP contribution in [0.3, 0.4) is 0 Å². The molecule has 0 heterocycles. The molecule has 118 valence electrons. The Morgan fingerprint density at radius 1 is 1.38 bits per heavy atom. The van der Waals surface area contributed by atoms with Crippen LogP contribution in [0.1, 0.15) is 35.7 Å². The number of hydrogen-bond acceptors (Lipinski definition) is 1. The third-order valence-electron chi connectivity index (χ3n) is 3.18. The standard InChI is InChI=1S/C14H16BrF4NO/c1-2-9(5-6-15)8-20-13(21)11-7-10(14(17,18)19)3-4-12(11)16/h3-4,7,9H,2,5-6,8H2,1H3,(H,20,21). The van der Waals surface area contributed by atoms with Gasteiger partial charge in [0, 0.05) is 11.9 Å². The van der Waals surface area contributed by atoms with Crippen molar-refractivity contribution in [3.63, 3.8) is 0 Å². The van der Waals surface area contributed by atoms with E-state index in [-0.39, 0.29) is 5.92 Å². The van der Waals surface area contributed by atoms with Crippen LogP contribution in [0.25, 0.3) is 0 Å². The van der Waals surface area contributed by atoms with Crippen LogP contribution in [-0.2, 0) is 6.18 Å². The normalized spacial score (nSPS) is 13.0. The van der Waals surface area contributed by atoms with Crippen LogP contribution < -0.4 is 5.32 Å². The van der Waals surface area contributed by atoms with E-state index in [0.717, 1.165) is 18.2 Å². The van der Waals surface area contributed by atoms with Crippen molar-refractivity contribution in [1.29, 1.82) is 0 Å². The molecule has 0 aliphatic carbocycles. The third kappa shape index (κ3) is 5.30. The predicted octanol–water partition coefficient (Wildman–Crippen LogP) is 4.39. The molecular weight excluding hydrogens is 354 g/mol. The van der Waals surface area contributed by atoms with Crippen molar-refractivity contribution in [3.8, 4) is 0 Å². The molecule has 1 unspecified atom stereocenters. The molecule has 0 bridgehead atoms. The molecular formula is C14H16BrF4NO. The molecule has 1 amide bonds. The predicted molar refractivity (Wildman–Crippen MR) is 75.9 cm³/mol. The Morgan fingerprint density at radius 3 is 2.57 bits per heavy atom. The smallest absolute Gasteiger partial charge is 0.352 e. The first-order valence-corrected chi connectivity index (χ1v) is 7.62. The lowest BCUT2D eigenvalue weighted by atomic mass is 10.0. The second kappa shape index (κ2) is 7.77. The molecule has 0 radical (unpaired) electrons. The van der Waals surface area contributed by atoms with E-state index in [9.17, 15) is 22.4 Å². The Bertz CT molecular complexity index is 490. The molecule has 0 spiro atoms. The van der Waals surface area contributed by atoms with E-state index in [0.29, 0.717) is 24.7 Å². The highest BCUT2D eigenvalue weighted by atomic mass is 79.9. The maximum Gasteiger partial charge on any atom is 0.416 e. The summed E-state index contributed by atoms with van der Waals surface area (Å²) in [7, 11) is 0. The monoisotopic (exact) mass is 369 g/mol. The second-order valence-electron chi connectivity index (χ2n) is 4.65. The van der Waals surface area contributed by atoms with Gasteiger partial charge in [0.25, 0.3) is 5.91 Å². The quantitative estimate of drug-likeness (QED) is 0.584. The van der Waals surface area contributed by atoms with Crippen molar-refractivity contribution in [1.82, 2.24) is 5.32 Å². The molecule has 2 nitrogen and oxygen atoms in total. The van der Waals surface area contributed by atoms with Crippen LogP contribution in [0.15, 0.2) is 18.2 Å². The van der Waals surface area contributed by atoms with Crippen LogP contribution in [0.2, 0.25) is 0 Å². The molecule has 1 rings (SSSR count). The highest BCUT2D eigenvalue weighted by molar-refractivity contribution is 9.09. The van der Waals surface area contributed by atoms with Crippen LogP contribution >= 0.6 is 15.9 Å². The Morgan fingerprint density at radius 2 is 2.05 bits per heavy atom. The fourth-order valence-corrected chi connectivity index (χ4v) is 2.46. The lowest BCUT2D eigenvalue weighted by molar-refractivity contribution is -0.137. The van der Waals surface area contributed by atoms with E-state index in [1.807, 2.05) is 6.92 Å². The van der Waals surface area contributed by atoms with Gasteiger partial charge in [-0.2, -0.15) is 13.2 Å². The summed E-state index contributed by atoms with van der Waals surface area (Å²) >= 11 is 3.29. The van der Waals surface area contributed by atoms with E-state index >= 15 is 0 Å².